The molecule has 0 fully saturated rings. The number of hydrogen-bond donors (Lipinski definition) is 2. The molecule has 0 saturated heterocycles. The molecule has 0 saturated carbocycles. The van der Waals surface area contributed by atoms with Crippen LogP contribution in [0, 0.1) is 0 Å². The van der Waals surface area contributed by atoms with Crippen molar-refractivity contribution in [2.24, 2.45) is 5.73 Å². The number of rotatable bonds is 3. The Hall–Kier alpha value is -1.49. The van der Waals surface area contributed by atoms with Crippen molar-refractivity contribution < 1.29 is 9.59 Å². The third-order valence-electron chi connectivity index (χ3n) is 1.65. The first-order valence-electron chi connectivity index (χ1n) is 4.47. The first-order valence-corrected chi connectivity index (χ1v) is 5.45. The Morgan fingerprint density at radius 1 is 1.33 bits per heavy atom. The van der Waals surface area contributed by atoms with Gasteiger partial charge < -0.3 is 11.1 Å². The van der Waals surface area contributed by atoms with Crippen LogP contribution in [0.3, 0.4) is 0 Å². The van der Waals surface area contributed by atoms with Crippen LogP contribution in [0.5, 0.6) is 0 Å². The molecular formula is C10H12N2O2S. The summed E-state index contributed by atoms with van der Waals surface area (Å²) in [5, 5.41) is 2.39. The van der Waals surface area contributed by atoms with E-state index in [9.17, 15) is 9.59 Å². The second-order valence-electron chi connectivity index (χ2n) is 2.78. The zero-order valence-corrected chi connectivity index (χ0v) is 9.14. The van der Waals surface area contributed by atoms with Crippen LogP contribution in [0.15, 0.2) is 29.2 Å². The largest absolute Gasteiger partial charge is 0.361 e. The minimum Gasteiger partial charge on any atom is -0.361 e. The number of anilines is 1. The van der Waals surface area contributed by atoms with Gasteiger partial charge in [-0.2, -0.15) is 0 Å². The summed E-state index contributed by atoms with van der Waals surface area (Å²) in [6.07, 6.45) is 0. The SMILES string of the molecule is CCSc1ccc(NC(=O)C(N)=O)cc1. The molecule has 1 aromatic carbocycles. The molecule has 0 aliphatic heterocycles. The molecule has 0 heterocycles. The van der Waals surface area contributed by atoms with Crippen LogP contribution in [0.1, 0.15) is 6.92 Å². The predicted octanol–water partition coefficient (Wildman–Crippen LogP) is 1.22. The fraction of sp³-hybridized carbons (Fsp3) is 0.200. The molecule has 0 radical (unpaired) electrons. The number of nitrogens with two attached hydrogens (primary N) is 1. The first kappa shape index (κ1) is 11.6. The van der Waals surface area contributed by atoms with Gasteiger partial charge in [-0.05, 0) is 30.0 Å². The molecule has 3 N–H and O–H groups in total. The summed E-state index contributed by atoms with van der Waals surface area (Å²) in [5.41, 5.74) is 5.38. The maximum atomic E-state index is 10.9. The summed E-state index contributed by atoms with van der Waals surface area (Å²) in [7, 11) is 0. The molecule has 0 aromatic heterocycles. The molecular weight excluding hydrogens is 212 g/mol. The molecule has 0 bridgehead atoms. The van der Waals surface area contributed by atoms with E-state index in [4.69, 9.17) is 5.73 Å². The molecule has 1 aromatic rings. The molecule has 1 rings (SSSR count). The van der Waals surface area contributed by atoms with Crippen molar-refractivity contribution in [3.05, 3.63) is 24.3 Å². The summed E-state index contributed by atoms with van der Waals surface area (Å²) < 4.78 is 0. The van der Waals surface area contributed by atoms with Crippen molar-refractivity contribution in [3.8, 4) is 0 Å². The number of benzene rings is 1. The summed E-state index contributed by atoms with van der Waals surface area (Å²) in [4.78, 5) is 22.5. The zero-order valence-electron chi connectivity index (χ0n) is 8.32. The monoisotopic (exact) mass is 224 g/mol. The van der Waals surface area contributed by atoms with Crippen LogP contribution in [-0.2, 0) is 9.59 Å². The topological polar surface area (TPSA) is 72.2 Å². The van der Waals surface area contributed by atoms with Crippen molar-refractivity contribution in [3.63, 3.8) is 0 Å². The smallest absolute Gasteiger partial charge is 0.313 e. The van der Waals surface area contributed by atoms with Gasteiger partial charge in [-0.3, -0.25) is 9.59 Å². The number of carbonyl (C=O) groups excluding carboxylic acids is 2. The Morgan fingerprint density at radius 3 is 2.40 bits per heavy atom. The Morgan fingerprint density at radius 2 is 1.93 bits per heavy atom. The molecule has 4 nitrogen and oxygen atoms in total. The van der Waals surface area contributed by atoms with Gasteiger partial charge in [-0.1, -0.05) is 6.92 Å². The Balaban J connectivity index is 2.64. The molecule has 2 amide bonds. The van der Waals surface area contributed by atoms with E-state index in [-0.39, 0.29) is 0 Å². The van der Waals surface area contributed by atoms with E-state index in [1.54, 1.807) is 23.9 Å². The quantitative estimate of drug-likeness (QED) is 0.599. The van der Waals surface area contributed by atoms with Crippen LogP contribution >= 0.6 is 11.8 Å². The average molecular weight is 224 g/mol. The summed E-state index contributed by atoms with van der Waals surface area (Å²) >= 11 is 1.70. The molecule has 0 aliphatic carbocycles. The van der Waals surface area contributed by atoms with E-state index < -0.39 is 11.8 Å². The second kappa shape index (κ2) is 5.41. The molecule has 0 spiro atoms. The lowest BCUT2D eigenvalue weighted by Gasteiger charge is -2.03. The van der Waals surface area contributed by atoms with Crippen LogP contribution < -0.4 is 11.1 Å². The predicted molar refractivity (Wildman–Crippen MR) is 60.7 cm³/mol. The van der Waals surface area contributed by atoms with E-state index in [1.165, 1.54) is 0 Å². The lowest BCUT2D eigenvalue weighted by Crippen LogP contribution is -2.29. The normalized spacial score (nSPS) is 9.67. The summed E-state index contributed by atoms with van der Waals surface area (Å²) in [5.74, 6) is -0.791. The van der Waals surface area contributed by atoms with Gasteiger partial charge in [0.25, 0.3) is 0 Å². The number of amides is 2. The molecule has 15 heavy (non-hydrogen) atoms. The molecule has 0 aliphatic rings. The highest BCUT2D eigenvalue weighted by Crippen LogP contribution is 2.19. The highest BCUT2D eigenvalue weighted by molar-refractivity contribution is 7.99. The Kier molecular flexibility index (Phi) is 4.17. The van der Waals surface area contributed by atoms with E-state index in [1.807, 2.05) is 12.1 Å². The van der Waals surface area contributed by atoms with Gasteiger partial charge in [0.2, 0.25) is 0 Å². The third kappa shape index (κ3) is 3.63. The number of nitrogens with one attached hydrogen (secondary N) is 1. The van der Waals surface area contributed by atoms with Gasteiger partial charge in [0, 0.05) is 10.6 Å². The lowest BCUT2D eigenvalue weighted by atomic mass is 10.3. The Labute approximate surface area is 92.2 Å². The minimum absolute atomic E-state index is 0.569. The fourth-order valence-corrected chi connectivity index (χ4v) is 1.66. The van der Waals surface area contributed by atoms with Crippen LogP contribution in [0.2, 0.25) is 0 Å². The van der Waals surface area contributed by atoms with Crippen LogP contribution in [0.4, 0.5) is 5.69 Å². The van der Waals surface area contributed by atoms with Gasteiger partial charge >= 0.3 is 11.8 Å². The Bertz CT molecular complexity index is 362. The van der Waals surface area contributed by atoms with Crippen molar-refractivity contribution >= 4 is 29.3 Å². The van der Waals surface area contributed by atoms with Crippen molar-refractivity contribution in [1.82, 2.24) is 0 Å². The van der Waals surface area contributed by atoms with E-state index in [2.05, 4.69) is 12.2 Å². The number of thioether (sulfide) groups is 1. The van der Waals surface area contributed by atoms with Gasteiger partial charge in [0.05, 0.1) is 0 Å². The minimum atomic E-state index is -0.984. The van der Waals surface area contributed by atoms with E-state index >= 15 is 0 Å². The molecule has 80 valence electrons. The fourth-order valence-electron chi connectivity index (χ4n) is 0.994. The third-order valence-corrected chi connectivity index (χ3v) is 2.54. The van der Waals surface area contributed by atoms with Gasteiger partial charge in [0.1, 0.15) is 0 Å². The summed E-state index contributed by atoms with van der Waals surface area (Å²) in [6, 6.07) is 7.23. The highest BCUT2D eigenvalue weighted by Gasteiger charge is 2.07. The zero-order chi connectivity index (χ0) is 11.3. The molecule has 0 unspecified atom stereocenters. The number of carbonyl (C=O) groups is 2. The second-order valence-corrected chi connectivity index (χ2v) is 4.11. The van der Waals surface area contributed by atoms with E-state index in [0.717, 1.165) is 10.6 Å². The first-order chi connectivity index (χ1) is 7.13. The maximum absolute atomic E-state index is 10.9. The van der Waals surface area contributed by atoms with Crippen LogP contribution in [-0.4, -0.2) is 17.6 Å². The molecule has 0 atom stereocenters. The standard InChI is InChI=1S/C10H12N2O2S/c1-2-15-8-5-3-7(4-6-8)12-10(14)9(11)13/h3-6H,2H2,1H3,(H2,11,13)(H,12,14). The lowest BCUT2D eigenvalue weighted by molar-refractivity contribution is -0.134. The van der Waals surface area contributed by atoms with Gasteiger partial charge in [0.15, 0.2) is 0 Å². The van der Waals surface area contributed by atoms with Gasteiger partial charge in [-0.15, -0.1) is 11.8 Å². The van der Waals surface area contributed by atoms with Gasteiger partial charge in [-0.25, -0.2) is 0 Å². The van der Waals surface area contributed by atoms with Crippen molar-refractivity contribution in [1.29, 1.82) is 0 Å². The average Bonchev–Trinajstić information content (AvgIpc) is 2.21. The molecule has 5 heteroatoms. The number of primary amides is 1. The van der Waals surface area contributed by atoms with Crippen molar-refractivity contribution in [2.75, 3.05) is 11.1 Å². The van der Waals surface area contributed by atoms with Crippen molar-refractivity contribution in [2.45, 2.75) is 11.8 Å². The number of hydrogen-bond acceptors (Lipinski definition) is 3. The van der Waals surface area contributed by atoms with Crippen LogP contribution in [0.25, 0.3) is 0 Å². The maximum Gasteiger partial charge on any atom is 0.313 e. The van der Waals surface area contributed by atoms with E-state index in [0.29, 0.717) is 5.69 Å². The highest BCUT2D eigenvalue weighted by atomic mass is 32.2. The summed E-state index contributed by atoms with van der Waals surface area (Å²) in [6.45, 7) is 2.06.